The van der Waals surface area contributed by atoms with E-state index in [9.17, 15) is 10.2 Å². The maximum Gasteiger partial charge on any atom is 0.142 e. The minimum absolute atomic E-state index is 0.0560. The Kier molecular flexibility index (Phi) is 9.38. The van der Waals surface area contributed by atoms with Crippen LogP contribution >= 0.6 is 0 Å². The van der Waals surface area contributed by atoms with Crippen molar-refractivity contribution >= 4 is 16.9 Å². The molecule has 184 valence electrons. The topological polar surface area (TPSA) is 97.3 Å². The minimum atomic E-state index is -0.671. The second-order valence-electron chi connectivity index (χ2n) is 10.2. The van der Waals surface area contributed by atoms with E-state index < -0.39 is 6.10 Å². The average molecular weight is 458 g/mol. The predicted octanol–water partition coefficient (Wildman–Crippen LogP) is 4.30. The number of aliphatic hydroxyl groups is 2. The third-order valence-corrected chi connectivity index (χ3v) is 7.72. The summed E-state index contributed by atoms with van der Waals surface area (Å²) in [5.74, 6) is 0.897. The van der Waals surface area contributed by atoms with Crippen molar-refractivity contribution in [1.29, 1.82) is 0 Å². The number of rotatable bonds is 8. The third kappa shape index (κ3) is 6.67. The minimum Gasteiger partial charge on any atom is -0.395 e. The van der Waals surface area contributed by atoms with E-state index in [2.05, 4.69) is 25.2 Å². The summed E-state index contributed by atoms with van der Waals surface area (Å²) in [6.07, 6.45) is 20.0. The zero-order valence-corrected chi connectivity index (χ0v) is 20.1. The highest BCUT2D eigenvalue weighted by Crippen LogP contribution is 2.30. The van der Waals surface area contributed by atoms with Crippen LogP contribution in [0, 0.1) is 0 Å². The van der Waals surface area contributed by atoms with Crippen LogP contribution in [-0.4, -0.2) is 62.5 Å². The van der Waals surface area contributed by atoms with Gasteiger partial charge in [0, 0.05) is 24.8 Å². The molecule has 2 saturated carbocycles. The Labute approximate surface area is 198 Å². The fraction of sp³-hybridized carbons (Fsp3) is 0.769. The highest BCUT2D eigenvalue weighted by atomic mass is 16.3. The fourth-order valence-electron chi connectivity index (χ4n) is 5.78. The van der Waals surface area contributed by atoms with Crippen molar-refractivity contribution in [1.82, 2.24) is 20.3 Å². The lowest BCUT2D eigenvalue weighted by Gasteiger charge is -2.38. The van der Waals surface area contributed by atoms with Crippen molar-refractivity contribution in [2.24, 2.45) is 0 Å². The van der Waals surface area contributed by atoms with Gasteiger partial charge in [0.1, 0.15) is 17.8 Å². The first-order chi connectivity index (χ1) is 16.3. The summed E-state index contributed by atoms with van der Waals surface area (Å²) in [5.41, 5.74) is 0.830. The van der Waals surface area contributed by atoms with Gasteiger partial charge in [0.25, 0.3) is 0 Å². The van der Waals surface area contributed by atoms with Gasteiger partial charge in [-0.05, 0) is 31.7 Å². The van der Waals surface area contributed by atoms with Gasteiger partial charge in [0.05, 0.1) is 24.1 Å². The summed E-state index contributed by atoms with van der Waals surface area (Å²) in [7, 11) is 0. The summed E-state index contributed by atoms with van der Waals surface area (Å²) in [6, 6.07) is 2.42. The van der Waals surface area contributed by atoms with Gasteiger partial charge < -0.3 is 25.4 Å². The summed E-state index contributed by atoms with van der Waals surface area (Å²) in [6.45, 7) is 0.409. The summed E-state index contributed by atoms with van der Waals surface area (Å²) in [4.78, 5) is 14.6. The largest absolute Gasteiger partial charge is 0.395 e. The van der Waals surface area contributed by atoms with Crippen molar-refractivity contribution in [3.8, 4) is 0 Å². The third-order valence-electron chi connectivity index (χ3n) is 7.72. The SMILES string of the molecule is OCC(NC1CCCCCCC1)C(O)CN(c1ncnc2[nH]ccc12)C1CCCCCCC1. The first kappa shape index (κ1) is 24.4. The van der Waals surface area contributed by atoms with E-state index in [1.54, 1.807) is 6.33 Å². The predicted molar refractivity (Wildman–Crippen MR) is 133 cm³/mol. The van der Waals surface area contributed by atoms with Crippen LogP contribution in [0.15, 0.2) is 18.6 Å². The molecule has 2 aromatic heterocycles. The molecule has 4 N–H and O–H groups in total. The van der Waals surface area contributed by atoms with Crippen LogP contribution < -0.4 is 10.2 Å². The van der Waals surface area contributed by atoms with Gasteiger partial charge in [-0.25, -0.2) is 9.97 Å². The van der Waals surface area contributed by atoms with Crippen LogP contribution in [0.1, 0.15) is 89.9 Å². The van der Waals surface area contributed by atoms with Gasteiger partial charge in [0.15, 0.2) is 0 Å². The number of hydrogen-bond donors (Lipinski definition) is 4. The number of aliphatic hydroxyl groups excluding tert-OH is 2. The Bertz CT molecular complexity index is 812. The molecule has 0 saturated heterocycles. The number of anilines is 1. The van der Waals surface area contributed by atoms with E-state index in [-0.39, 0.29) is 12.6 Å². The molecule has 2 atom stereocenters. The Morgan fingerprint density at radius 3 is 2.24 bits per heavy atom. The highest BCUT2D eigenvalue weighted by molar-refractivity contribution is 5.87. The average Bonchev–Trinajstić information content (AvgIpc) is 3.26. The van der Waals surface area contributed by atoms with Crippen molar-refractivity contribution in [3.05, 3.63) is 18.6 Å². The maximum absolute atomic E-state index is 11.4. The van der Waals surface area contributed by atoms with Gasteiger partial charge in [-0.3, -0.25) is 0 Å². The molecule has 2 aromatic rings. The quantitative estimate of drug-likeness (QED) is 0.472. The van der Waals surface area contributed by atoms with Gasteiger partial charge >= 0.3 is 0 Å². The summed E-state index contributed by atoms with van der Waals surface area (Å²) < 4.78 is 0. The lowest BCUT2D eigenvalue weighted by Crippen LogP contribution is -2.53. The van der Waals surface area contributed by atoms with Crippen LogP contribution in [0.2, 0.25) is 0 Å². The van der Waals surface area contributed by atoms with E-state index in [1.165, 1.54) is 64.2 Å². The Hall–Kier alpha value is -1.70. The van der Waals surface area contributed by atoms with Crippen LogP contribution in [0.4, 0.5) is 5.82 Å². The zero-order chi connectivity index (χ0) is 22.9. The second kappa shape index (κ2) is 12.7. The van der Waals surface area contributed by atoms with Crippen molar-refractivity contribution < 1.29 is 10.2 Å². The fourth-order valence-corrected chi connectivity index (χ4v) is 5.78. The van der Waals surface area contributed by atoms with Crippen LogP contribution in [-0.2, 0) is 0 Å². The van der Waals surface area contributed by atoms with Crippen LogP contribution in [0.5, 0.6) is 0 Å². The number of hydrogen-bond acceptors (Lipinski definition) is 6. The van der Waals surface area contributed by atoms with E-state index >= 15 is 0 Å². The molecule has 33 heavy (non-hydrogen) atoms. The van der Waals surface area contributed by atoms with Crippen molar-refractivity contribution in [2.45, 2.75) is 114 Å². The molecule has 0 amide bonds. The summed E-state index contributed by atoms with van der Waals surface area (Å²) in [5, 5.41) is 26.2. The molecule has 0 bridgehead atoms. The van der Waals surface area contributed by atoms with E-state index in [0.717, 1.165) is 42.5 Å². The van der Waals surface area contributed by atoms with Crippen LogP contribution in [0.25, 0.3) is 11.0 Å². The number of nitrogens with zero attached hydrogens (tertiary/aromatic N) is 3. The Morgan fingerprint density at radius 2 is 1.58 bits per heavy atom. The molecule has 4 rings (SSSR count). The van der Waals surface area contributed by atoms with Gasteiger partial charge in [0.2, 0.25) is 0 Å². The molecular weight excluding hydrogens is 414 g/mol. The standard InChI is InChI=1S/C26H43N5O2/c32-18-23(30-20-11-7-3-1-4-8-12-20)24(33)17-31(21-13-9-5-2-6-10-14-21)26-22-15-16-27-25(22)28-19-29-26/h15-16,19-21,23-24,30,32-33H,1-14,17-18H2,(H,27,28,29). The van der Waals surface area contributed by atoms with Crippen molar-refractivity contribution in [2.75, 3.05) is 18.1 Å². The van der Waals surface area contributed by atoms with Gasteiger partial charge in [-0.1, -0.05) is 64.2 Å². The van der Waals surface area contributed by atoms with E-state index in [4.69, 9.17) is 0 Å². The maximum atomic E-state index is 11.4. The summed E-state index contributed by atoms with van der Waals surface area (Å²) >= 11 is 0. The lowest BCUT2D eigenvalue weighted by molar-refractivity contribution is 0.0831. The molecule has 2 fully saturated rings. The Morgan fingerprint density at radius 1 is 0.939 bits per heavy atom. The number of nitrogens with one attached hydrogen (secondary N) is 2. The second-order valence-corrected chi connectivity index (χ2v) is 10.2. The molecule has 0 radical (unpaired) electrons. The monoisotopic (exact) mass is 457 g/mol. The molecule has 7 nitrogen and oxygen atoms in total. The molecule has 7 heteroatoms. The Balaban J connectivity index is 1.52. The first-order valence-corrected chi connectivity index (χ1v) is 13.4. The molecule has 2 aliphatic carbocycles. The van der Waals surface area contributed by atoms with E-state index in [1.807, 2.05) is 12.3 Å². The molecule has 2 heterocycles. The number of aromatic amines is 1. The molecule has 0 aromatic carbocycles. The van der Waals surface area contributed by atoms with Crippen LogP contribution in [0.3, 0.4) is 0 Å². The normalized spacial score (nSPS) is 21.6. The van der Waals surface area contributed by atoms with Crippen molar-refractivity contribution in [3.63, 3.8) is 0 Å². The molecule has 0 spiro atoms. The molecular formula is C26H43N5O2. The molecule has 0 aliphatic heterocycles. The highest BCUT2D eigenvalue weighted by Gasteiger charge is 2.29. The van der Waals surface area contributed by atoms with E-state index in [0.29, 0.717) is 18.6 Å². The smallest absolute Gasteiger partial charge is 0.142 e. The molecule has 2 aliphatic rings. The lowest BCUT2D eigenvalue weighted by atomic mass is 9.94. The first-order valence-electron chi connectivity index (χ1n) is 13.4. The number of H-pyrrole nitrogens is 1. The number of fused-ring (bicyclic) bond motifs is 1. The number of aromatic nitrogens is 3. The zero-order valence-electron chi connectivity index (χ0n) is 20.1. The van der Waals surface area contributed by atoms with Gasteiger partial charge in [-0.2, -0.15) is 0 Å². The molecule has 2 unspecified atom stereocenters. The van der Waals surface area contributed by atoms with Gasteiger partial charge in [-0.15, -0.1) is 0 Å².